The van der Waals surface area contributed by atoms with Gasteiger partial charge in [-0.05, 0) is 56.6 Å². The molecular weight excluding hydrogens is 367 g/mol. The second-order valence-corrected chi connectivity index (χ2v) is 9.35. The monoisotopic (exact) mass is 392 g/mol. The Balaban J connectivity index is 1.84. The Morgan fingerprint density at radius 2 is 1.57 bits per heavy atom. The minimum atomic E-state index is -1.49. The highest BCUT2D eigenvalue weighted by molar-refractivity contribution is 6.60. The van der Waals surface area contributed by atoms with Crippen molar-refractivity contribution in [1.82, 2.24) is 0 Å². The topological polar surface area (TPSA) is 40.5 Å². The van der Waals surface area contributed by atoms with Crippen LogP contribution in [-0.4, -0.2) is 17.2 Å². The van der Waals surface area contributed by atoms with E-state index in [1.165, 1.54) is 22.3 Å². The van der Waals surface area contributed by atoms with Crippen molar-refractivity contribution in [1.29, 1.82) is 0 Å². The number of allylic oxidation sites excluding steroid dienone is 2. The first kappa shape index (κ1) is 18.2. The van der Waals surface area contributed by atoms with E-state index in [0.29, 0.717) is 17.3 Å². The van der Waals surface area contributed by atoms with Crippen LogP contribution in [0, 0.1) is 11.3 Å². The summed E-state index contributed by atoms with van der Waals surface area (Å²) in [5, 5.41) is 20.5. The Bertz CT molecular complexity index is 1210. The quantitative estimate of drug-likeness (QED) is 0.477. The van der Waals surface area contributed by atoms with Crippen LogP contribution in [0.4, 0.5) is 0 Å². The SMILES string of the molecule is CC1CC=CC2c3ccccc3C3(c4ccccc4-c4c(B(O)O)cccc43)C12C. The largest absolute Gasteiger partial charge is 0.489 e. The molecule has 3 aromatic carbocycles. The van der Waals surface area contributed by atoms with Gasteiger partial charge in [-0.1, -0.05) is 92.7 Å². The minimum Gasteiger partial charge on any atom is -0.423 e. The summed E-state index contributed by atoms with van der Waals surface area (Å²) in [6.07, 6.45) is 5.82. The summed E-state index contributed by atoms with van der Waals surface area (Å²) in [5.74, 6) is 0.806. The maximum absolute atomic E-state index is 10.2. The first-order valence-electron chi connectivity index (χ1n) is 10.9. The maximum atomic E-state index is 10.2. The normalized spacial score (nSPS) is 30.0. The Morgan fingerprint density at radius 3 is 2.37 bits per heavy atom. The Labute approximate surface area is 178 Å². The van der Waals surface area contributed by atoms with Crippen molar-refractivity contribution >= 4 is 12.6 Å². The Morgan fingerprint density at radius 1 is 0.867 bits per heavy atom. The Hall–Kier alpha value is -2.62. The summed E-state index contributed by atoms with van der Waals surface area (Å²) in [6, 6.07) is 23.6. The molecule has 4 atom stereocenters. The Kier molecular flexibility index (Phi) is 3.61. The third-order valence-electron chi connectivity index (χ3n) is 8.38. The number of hydrogen-bond donors (Lipinski definition) is 2. The molecule has 0 aliphatic heterocycles. The van der Waals surface area contributed by atoms with Crippen LogP contribution in [0.25, 0.3) is 11.1 Å². The molecule has 3 aliphatic rings. The van der Waals surface area contributed by atoms with Gasteiger partial charge in [-0.3, -0.25) is 0 Å². The zero-order valence-corrected chi connectivity index (χ0v) is 17.3. The van der Waals surface area contributed by atoms with Crippen molar-refractivity contribution in [2.45, 2.75) is 31.6 Å². The van der Waals surface area contributed by atoms with Crippen LogP contribution in [0.1, 0.15) is 48.4 Å². The van der Waals surface area contributed by atoms with Crippen LogP contribution in [0.5, 0.6) is 0 Å². The van der Waals surface area contributed by atoms with Gasteiger partial charge in [0.05, 0.1) is 5.41 Å². The van der Waals surface area contributed by atoms with Crippen molar-refractivity contribution in [3.8, 4) is 11.1 Å². The summed E-state index contributed by atoms with van der Waals surface area (Å²) < 4.78 is 0. The van der Waals surface area contributed by atoms with Gasteiger partial charge in [-0.15, -0.1) is 0 Å². The van der Waals surface area contributed by atoms with Gasteiger partial charge in [0.2, 0.25) is 0 Å². The third kappa shape index (κ3) is 1.85. The highest BCUT2D eigenvalue weighted by Gasteiger charge is 2.66. The number of benzene rings is 3. The van der Waals surface area contributed by atoms with Crippen molar-refractivity contribution in [2.24, 2.45) is 11.3 Å². The molecular formula is C27H25BO2. The molecule has 0 amide bonds. The first-order valence-corrected chi connectivity index (χ1v) is 10.9. The summed E-state index contributed by atoms with van der Waals surface area (Å²) in [6.45, 7) is 4.84. The molecule has 6 rings (SSSR count). The van der Waals surface area contributed by atoms with Gasteiger partial charge in [-0.25, -0.2) is 0 Å². The molecule has 0 heterocycles. The second kappa shape index (κ2) is 5.97. The lowest BCUT2D eigenvalue weighted by molar-refractivity contribution is 0.117. The third-order valence-corrected chi connectivity index (χ3v) is 8.38. The highest BCUT2D eigenvalue weighted by atomic mass is 16.4. The fourth-order valence-corrected chi connectivity index (χ4v) is 7.04. The molecule has 0 saturated carbocycles. The molecule has 0 aromatic heterocycles. The molecule has 148 valence electrons. The van der Waals surface area contributed by atoms with E-state index in [1.54, 1.807) is 0 Å². The van der Waals surface area contributed by atoms with Crippen LogP contribution in [0.15, 0.2) is 78.9 Å². The minimum absolute atomic E-state index is 0.0498. The number of fused-ring (bicyclic) bond motifs is 10. The van der Waals surface area contributed by atoms with E-state index in [1.807, 2.05) is 12.1 Å². The lowest BCUT2D eigenvalue weighted by atomic mass is 9.50. The molecule has 30 heavy (non-hydrogen) atoms. The van der Waals surface area contributed by atoms with Crippen molar-refractivity contribution < 1.29 is 10.0 Å². The average Bonchev–Trinajstić information content (AvgIpc) is 3.19. The molecule has 0 fully saturated rings. The average molecular weight is 392 g/mol. The predicted octanol–water partition coefficient (Wildman–Crippen LogP) is 4.38. The summed E-state index contributed by atoms with van der Waals surface area (Å²) >= 11 is 0. The van der Waals surface area contributed by atoms with Crippen LogP contribution < -0.4 is 5.46 Å². The molecule has 0 saturated heterocycles. The highest BCUT2D eigenvalue weighted by Crippen LogP contribution is 2.72. The summed E-state index contributed by atoms with van der Waals surface area (Å²) in [7, 11) is -1.49. The van der Waals surface area contributed by atoms with Crippen molar-refractivity contribution in [3.63, 3.8) is 0 Å². The fraction of sp³-hybridized carbons (Fsp3) is 0.259. The van der Waals surface area contributed by atoms with E-state index in [-0.39, 0.29) is 10.8 Å². The van der Waals surface area contributed by atoms with E-state index >= 15 is 0 Å². The zero-order chi connectivity index (χ0) is 20.7. The smallest absolute Gasteiger partial charge is 0.423 e. The van der Waals surface area contributed by atoms with Crippen molar-refractivity contribution in [3.05, 3.63) is 101 Å². The molecule has 0 bridgehead atoms. The van der Waals surface area contributed by atoms with Gasteiger partial charge in [-0.2, -0.15) is 0 Å². The van der Waals surface area contributed by atoms with Crippen LogP contribution in [-0.2, 0) is 5.41 Å². The molecule has 3 heteroatoms. The number of rotatable bonds is 1. The summed E-state index contributed by atoms with van der Waals surface area (Å²) in [4.78, 5) is 0. The van der Waals surface area contributed by atoms with E-state index in [0.717, 1.165) is 17.5 Å². The van der Waals surface area contributed by atoms with Gasteiger partial charge >= 0.3 is 7.12 Å². The molecule has 0 radical (unpaired) electrons. The van der Waals surface area contributed by atoms with Crippen LogP contribution >= 0.6 is 0 Å². The maximum Gasteiger partial charge on any atom is 0.489 e. The molecule has 4 unspecified atom stereocenters. The zero-order valence-electron chi connectivity index (χ0n) is 17.3. The molecule has 2 nitrogen and oxygen atoms in total. The van der Waals surface area contributed by atoms with E-state index in [9.17, 15) is 10.0 Å². The molecule has 1 spiro atoms. The van der Waals surface area contributed by atoms with E-state index < -0.39 is 7.12 Å². The van der Waals surface area contributed by atoms with Crippen LogP contribution in [0.3, 0.4) is 0 Å². The fourth-order valence-electron chi connectivity index (χ4n) is 7.04. The number of hydrogen-bond acceptors (Lipinski definition) is 2. The first-order chi connectivity index (χ1) is 14.5. The molecule has 3 aliphatic carbocycles. The summed E-state index contributed by atoms with van der Waals surface area (Å²) in [5.41, 5.74) is 7.66. The van der Waals surface area contributed by atoms with Gasteiger partial charge < -0.3 is 10.0 Å². The van der Waals surface area contributed by atoms with Gasteiger partial charge in [0.15, 0.2) is 0 Å². The van der Waals surface area contributed by atoms with Gasteiger partial charge in [0.1, 0.15) is 0 Å². The lowest BCUT2D eigenvalue weighted by Gasteiger charge is -2.51. The van der Waals surface area contributed by atoms with Gasteiger partial charge in [0, 0.05) is 5.92 Å². The van der Waals surface area contributed by atoms with Crippen LogP contribution in [0.2, 0.25) is 0 Å². The van der Waals surface area contributed by atoms with Crippen molar-refractivity contribution in [2.75, 3.05) is 0 Å². The van der Waals surface area contributed by atoms with E-state index in [2.05, 4.69) is 80.6 Å². The van der Waals surface area contributed by atoms with Gasteiger partial charge in [0.25, 0.3) is 0 Å². The predicted molar refractivity (Wildman–Crippen MR) is 122 cm³/mol. The molecule has 3 aromatic rings. The van der Waals surface area contributed by atoms with E-state index in [4.69, 9.17) is 0 Å². The lowest BCUT2D eigenvalue weighted by Crippen LogP contribution is -2.48. The standard InChI is InChI=1S/C27H25BO2/c1-17-9-7-14-20-18-10-3-5-12-21(18)27(26(17,20)2)22-13-6-4-11-19(22)25-23(27)15-8-16-24(25)28(29)30/h3-8,10-17,20,29-30H,9H2,1-2H3. The second-order valence-electron chi connectivity index (χ2n) is 9.35. The molecule has 2 N–H and O–H groups in total.